The molecule has 0 bridgehead atoms. The fourth-order valence-electron chi connectivity index (χ4n) is 2.79. The molecule has 0 aliphatic carbocycles. The summed E-state index contributed by atoms with van der Waals surface area (Å²) in [6, 6.07) is 8.00. The van der Waals surface area contributed by atoms with Gasteiger partial charge in [-0.2, -0.15) is 13.2 Å². The Hall–Kier alpha value is -2.60. The van der Waals surface area contributed by atoms with Crippen molar-refractivity contribution in [1.82, 2.24) is 0 Å². The Bertz CT molecular complexity index is 1140. The predicted molar refractivity (Wildman–Crippen MR) is 99.1 cm³/mol. The van der Waals surface area contributed by atoms with Gasteiger partial charge >= 0.3 is 6.18 Å². The highest BCUT2D eigenvalue weighted by molar-refractivity contribution is 7.94. The molecule has 156 valence electrons. The Morgan fingerprint density at radius 2 is 1.59 bits per heavy atom. The molecule has 1 atom stereocenters. The van der Waals surface area contributed by atoms with Crippen LogP contribution in [0, 0.1) is 5.92 Å². The summed E-state index contributed by atoms with van der Waals surface area (Å²) in [5.41, 5.74) is -0.989. The number of sulfonamides is 2. The van der Waals surface area contributed by atoms with Crippen LogP contribution in [0.1, 0.15) is 12.5 Å². The van der Waals surface area contributed by atoms with Gasteiger partial charge in [-0.3, -0.25) is 9.52 Å². The van der Waals surface area contributed by atoms with E-state index in [4.69, 9.17) is 0 Å². The molecule has 2 aromatic carbocycles. The monoisotopic (exact) mass is 448 g/mol. The van der Waals surface area contributed by atoms with Crippen LogP contribution in [0.5, 0.6) is 0 Å². The summed E-state index contributed by atoms with van der Waals surface area (Å²) in [4.78, 5) is 11.8. The first kappa shape index (κ1) is 21.1. The van der Waals surface area contributed by atoms with Crippen molar-refractivity contribution in [3.05, 3.63) is 54.1 Å². The number of carbonyl (C=O) groups is 1. The zero-order chi connectivity index (χ0) is 21.6. The van der Waals surface area contributed by atoms with Gasteiger partial charge in [0, 0.05) is 5.69 Å². The molecule has 1 heterocycles. The predicted octanol–water partition coefficient (Wildman–Crippen LogP) is 2.82. The van der Waals surface area contributed by atoms with Crippen molar-refractivity contribution < 1.29 is 34.8 Å². The van der Waals surface area contributed by atoms with Crippen LogP contribution in [-0.4, -0.2) is 28.5 Å². The summed E-state index contributed by atoms with van der Waals surface area (Å²) < 4.78 is 89.6. The first-order chi connectivity index (χ1) is 13.3. The normalized spacial score (nSPS) is 19.4. The van der Waals surface area contributed by atoms with Crippen molar-refractivity contribution in [2.24, 2.45) is 5.92 Å². The minimum absolute atomic E-state index is 0.00725. The molecule has 1 aliphatic rings. The maximum atomic E-state index is 12.6. The van der Waals surface area contributed by atoms with Crippen molar-refractivity contribution >= 4 is 37.3 Å². The van der Waals surface area contributed by atoms with E-state index in [1.165, 1.54) is 19.1 Å². The van der Waals surface area contributed by atoms with Crippen LogP contribution in [0.25, 0.3) is 0 Å². The number of anilines is 2. The number of benzene rings is 2. The summed E-state index contributed by atoms with van der Waals surface area (Å²) in [6.45, 7) is 1.48. The third-order valence-electron chi connectivity index (χ3n) is 4.21. The van der Waals surface area contributed by atoms with E-state index < -0.39 is 43.6 Å². The van der Waals surface area contributed by atoms with Crippen molar-refractivity contribution in [2.75, 3.05) is 14.8 Å². The Morgan fingerprint density at radius 1 is 1.03 bits per heavy atom. The molecule has 0 aromatic heterocycles. The maximum Gasteiger partial charge on any atom is 0.416 e. The lowest BCUT2D eigenvalue weighted by atomic mass is 10.2. The molecule has 1 N–H and O–H groups in total. The number of carbonyl (C=O) groups excluding carboxylic acids is 1. The second-order valence-electron chi connectivity index (χ2n) is 6.46. The molecule has 3 rings (SSSR count). The van der Waals surface area contributed by atoms with Crippen molar-refractivity contribution in [3.8, 4) is 0 Å². The highest BCUT2D eigenvalue weighted by Gasteiger charge is 2.42. The smallest absolute Gasteiger partial charge is 0.280 e. The molecular weight excluding hydrogens is 433 g/mol. The maximum absolute atomic E-state index is 12.6. The Morgan fingerprint density at radius 3 is 2.03 bits per heavy atom. The zero-order valence-electron chi connectivity index (χ0n) is 14.8. The fraction of sp³-hybridized carbons (Fsp3) is 0.235. The van der Waals surface area contributed by atoms with Crippen LogP contribution in [0.3, 0.4) is 0 Å². The molecule has 0 unspecified atom stereocenters. The van der Waals surface area contributed by atoms with Crippen LogP contribution in [0.2, 0.25) is 0 Å². The zero-order valence-corrected chi connectivity index (χ0v) is 16.5. The molecule has 1 fully saturated rings. The lowest BCUT2D eigenvalue weighted by molar-refractivity contribution is -0.137. The van der Waals surface area contributed by atoms with Crippen molar-refractivity contribution in [2.45, 2.75) is 18.0 Å². The van der Waals surface area contributed by atoms with Gasteiger partial charge in [0.15, 0.2) is 0 Å². The molecule has 1 aliphatic heterocycles. The van der Waals surface area contributed by atoms with Gasteiger partial charge in [-0.25, -0.2) is 21.1 Å². The van der Waals surface area contributed by atoms with Crippen molar-refractivity contribution in [1.29, 1.82) is 0 Å². The Labute approximate surface area is 165 Å². The standard InChI is InChI=1S/C17H15F3N2O5S2/c1-11-10-28(24,25)22(16(11)23)14-6-8-15(9-7-14)29(26,27)21-13-4-2-12(3-5-13)17(18,19)20/h2-9,11,21H,10H2,1H3/t11-/m1/s1. The number of rotatable bonds is 4. The molecule has 1 amide bonds. The number of nitrogens with one attached hydrogen (secondary N) is 1. The summed E-state index contributed by atoms with van der Waals surface area (Å²) >= 11 is 0. The molecule has 0 saturated carbocycles. The summed E-state index contributed by atoms with van der Waals surface area (Å²) in [5, 5.41) is 0. The van der Waals surface area contributed by atoms with Gasteiger partial charge in [0.05, 0.1) is 27.8 Å². The lowest BCUT2D eigenvalue weighted by Gasteiger charge is -2.16. The quantitative estimate of drug-likeness (QED) is 0.775. The van der Waals surface area contributed by atoms with Crippen LogP contribution in [0.15, 0.2) is 53.4 Å². The molecule has 1 saturated heterocycles. The third kappa shape index (κ3) is 4.22. The van der Waals surface area contributed by atoms with Crippen LogP contribution >= 0.6 is 0 Å². The van der Waals surface area contributed by atoms with E-state index in [0.29, 0.717) is 4.31 Å². The average molecular weight is 448 g/mol. The van der Waals surface area contributed by atoms with Gasteiger partial charge < -0.3 is 0 Å². The van der Waals surface area contributed by atoms with E-state index in [2.05, 4.69) is 4.72 Å². The van der Waals surface area contributed by atoms with E-state index in [1.54, 1.807) is 0 Å². The van der Waals surface area contributed by atoms with E-state index in [9.17, 15) is 34.8 Å². The van der Waals surface area contributed by atoms with Gasteiger partial charge in [0.2, 0.25) is 15.9 Å². The number of halogens is 3. The second-order valence-corrected chi connectivity index (χ2v) is 10.0. The Balaban J connectivity index is 1.83. The molecule has 2 aromatic rings. The first-order valence-corrected chi connectivity index (χ1v) is 11.3. The van der Waals surface area contributed by atoms with E-state index >= 15 is 0 Å². The lowest BCUT2D eigenvalue weighted by Crippen LogP contribution is -2.30. The second kappa shape index (κ2) is 7.02. The molecule has 7 nitrogen and oxygen atoms in total. The van der Waals surface area contributed by atoms with E-state index in [0.717, 1.165) is 36.4 Å². The number of amides is 1. The van der Waals surface area contributed by atoms with Crippen LogP contribution < -0.4 is 9.03 Å². The molecule has 0 spiro atoms. The highest BCUT2D eigenvalue weighted by atomic mass is 32.2. The van der Waals surface area contributed by atoms with Crippen molar-refractivity contribution in [3.63, 3.8) is 0 Å². The van der Waals surface area contributed by atoms with Gasteiger partial charge in [-0.05, 0) is 48.5 Å². The van der Waals surface area contributed by atoms with Gasteiger partial charge in [0.25, 0.3) is 10.0 Å². The molecule has 29 heavy (non-hydrogen) atoms. The summed E-state index contributed by atoms with van der Waals surface area (Å²) in [5.74, 6) is -1.64. The van der Waals surface area contributed by atoms with Crippen LogP contribution in [-0.2, 0) is 31.0 Å². The van der Waals surface area contributed by atoms with E-state index in [-0.39, 0.29) is 22.0 Å². The number of hydrogen-bond donors (Lipinski definition) is 1. The Kier molecular flexibility index (Phi) is 5.11. The summed E-state index contributed by atoms with van der Waals surface area (Å²) in [6.07, 6.45) is -4.54. The fourth-order valence-corrected chi connectivity index (χ4v) is 5.67. The number of nitrogens with zero attached hydrogens (tertiary/aromatic N) is 1. The highest BCUT2D eigenvalue weighted by Crippen LogP contribution is 2.31. The van der Waals surface area contributed by atoms with E-state index in [1.807, 2.05) is 0 Å². The van der Waals surface area contributed by atoms with Gasteiger partial charge in [0.1, 0.15) is 0 Å². The van der Waals surface area contributed by atoms with Crippen LogP contribution in [0.4, 0.5) is 24.5 Å². The number of hydrogen-bond acceptors (Lipinski definition) is 5. The minimum atomic E-state index is -4.54. The molecular formula is C17H15F3N2O5S2. The SMILES string of the molecule is C[C@@H]1CS(=O)(=O)N(c2ccc(S(=O)(=O)Nc3ccc(C(F)(F)F)cc3)cc2)C1=O. The topological polar surface area (TPSA) is 101 Å². The largest absolute Gasteiger partial charge is 0.416 e. The number of alkyl halides is 3. The first-order valence-electron chi connectivity index (χ1n) is 8.18. The summed E-state index contributed by atoms with van der Waals surface area (Å²) in [7, 11) is -7.96. The van der Waals surface area contributed by atoms with Gasteiger partial charge in [-0.1, -0.05) is 6.92 Å². The van der Waals surface area contributed by atoms with Gasteiger partial charge in [-0.15, -0.1) is 0 Å². The average Bonchev–Trinajstić information content (AvgIpc) is 2.81. The minimum Gasteiger partial charge on any atom is -0.280 e. The third-order valence-corrected chi connectivity index (χ3v) is 7.47. The molecule has 12 heteroatoms. The molecule has 0 radical (unpaired) electrons.